The average Bonchev–Trinajstić information content (AvgIpc) is 2.71. The molecular formula is C22H28N4O3. The van der Waals surface area contributed by atoms with E-state index >= 15 is 0 Å². The minimum atomic E-state index is -0.0896. The van der Waals surface area contributed by atoms with Gasteiger partial charge in [-0.1, -0.05) is 30.3 Å². The molecular weight excluding hydrogens is 368 g/mol. The lowest BCUT2D eigenvalue weighted by Gasteiger charge is -2.36. The minimum absolute atomic E-state index is 0.0798. The monoisotopic (exact) mass is 396 g/mol. The van der Waals surface area contributed by atoms with Gasteiger partial charge >= 0.3 is 0 Å². The van der Waals surface area contributed by atoms with Crippen molar-refractivity contribution in [1.29, 1.82) is 0 Å². The Hall–Kier alpha value is -2.67. The SMILES string of the molecule is CC1CN(c2nc3c(c(=O)[nH]2)CCN(C(=O)CCc2ccccc2)C3)CC(C)O1. The Bertz CT molecular complexity index is 917. The van der Waals surface area contributed by atoms with Crippen molar-refractivity contribution in [3.8, 4) is 0 Å². The molecule has 0 spiro atoms. The molecule has 7 heteroatoms. The Morgan fingerprint density at radius 2 is 1.93 bits per heavy atom. The van der Waals surface area contributed by atoms with Crippen LogP contribution in [0.5, 0.6) is 0 Å². The Kier molecular flexibility index (Phi) is 5.67. The van der Waals surface area contributed by atoms with Gasteiger partial charge in [0.2, 0.25) is 11.9 Å². The number of carbonyl (C=O) groups is 1. The van der Waals surface area contributed by atoms with Crippen LogP contribution in [0.25, 0.3) is 0 Å². The fourth-order valence-corrected chi connectivity index (χ4v) is 4.19. The van der Waals surface area contributed by atoms with Gasteiger partial charge < -0.3 is 14.5 Å². The van der Waals surface area contributed by atoms with Gasteiger partial charge in [0, 0.05) is 31.6 Å². The van der Waals surface area contributed by atoms with Crippen LogP contribution in [-0.2, 0) is 28.9 Å². The summed E-state index contributed by atoms with van der Waals surface area (Å²) in [4.78, 5) is 36.9. The lowest BCUT2D eigenvalue weighted by Crippen LogP contribution is -2.47. The van der Waals surface area contributed by atoms with Crippen molar-refractivity contribution >= 4 is 11.9 Å². The minimum Gasteiger partial charge on any atom is -0.372 e. The Morgan fingerprint density at radius 1 is 1.21 bits per heavy atom. The van der Waals surface area contributed by atoms with Crippen LogP contribution in [0.15, 0.2) is 35.1 Å². The van der Waals surface area contributed by atoms with E-state index in [0.29, 0.717) is 50.5 Å². The Balaban J connectivity index is 1.47. The number of amides is 1. The van der Waals surface area contributed by atoms with Gasteiger partial charge in [-0.05, 0) is 32.3 Å². The van der Waals surface area contributed by atoms with Crippen molar-refractivity contribution in [2.75, 3.05) is 24.5 Å². The van der Waals surface area contributed by atoms with Crippen molar-refractivity contribution in [2.45, 2.75) is 51.9 Å². The molecule has 0 bridgehead atoms. The second kappa shape index (κ2) is 8.37. The summed E-state index contributed by atoms with van der Waals surface area (Å²) in [7, 11) is 0. The van der Waals surface area contributed by atoms with Crippen molar-refractivity contribution in [3.05, 3.63) is 57.5 Å². The molecule has 2 aliphatic rings. The fourth-order valence-electron chi connectivity index (χ4n) is 4.19. The van der Waals surface area contributed by atoms with Crippen LogP contribution >= 0.6 is 0 Å². The summed E-state index contributed by atoms with van der Waals surface area (Å²) in [6.45, 7) is 6.38. The third kappa shape index (κ3) is 4.50. The van der Waals surface area contributed by atoms with E-state index in [9.17, 15) is 9.59 Å². The second-order valence-electron chi connectivity index (χ2n) is 8.03. The average molecular weight is 396 g/mol. The lowest BCUT2D eigenvalue weighted by atomic mass is 10.0. The van der Waals surface area contributed by atoms with Crippen LogP contribution in [0.2, 0.25) is 0 Å². The summed E-state index contributed by atoms with van der Waals surface area (Å²) in [6, 6.07) is 10.0. The second-order valence-corrected chi connectivity index (χ2v) is 8.03. The lowest BCUT2D eigenvalue weighted by molar-refractivity contribution is -0.132. The smallest absolute Gasteiger partial charge is 0.255 e. The molecule has 2 aromatic rings. The van der Waals surface area contributed by atoms with E-state index in [1.807, 2.05) is 49.1 Å². The van der Waals surface area contributed by atoms with Gasteiger partial charge in [0.15, 0.2) is 0 Å². The number of anilines is 1. The summed E-state index contributed by atoms with van der Waals surface area (Å²) >= 11 is 0. The number of carbonyl (C=O) groups excluding carboxylic acids is 1. The fraction of sp³-hybridized carbons (Fsp3) is 0.500. The molecule has 1 amide bonds. The van der Waals surface area contributed by atoms with Crippen LogP contribution < -0.4 is 10.5 Å². The van der Waals surface area contributed by atoms with Crippen LogP contribution in [0.4, 0.5) is 5.95 Å². The molecule has 1 N–H and O–H groups in total. The first kappa shape index (κ1) is 19.6. The molecule has 29 heavy (non-hydrogen) atoms. The first-order valence-electron chi connectivity index (χ1n) is 10.3. The maximum absolute atomic E-state index is 12.7. The molecule has 0 saturated carbocycles. The highest BCUT2D eigenvalue weighted by molar-refractivity contribution is 5.76. The number of nitrogens with one attached hydrogen (secondary N) is 1. The largest absolute Gasteiger partial charge is 0.372 e. The van der Waals surface area contributed by atoms with E-state index in [2.05, 4.69) is 9.88 Å². The van der Waals surface area contributed by atoms with Gasteiger partial charge in [-0.3, -0.25) is 14.6 Å². The van der Waals surface area contributed by atoms with Crippen LogP contribution in [0.3, 0.4) is 0 Å². The molecule has 2 aliphatic heterocycles. The molecule has 0 radical (unpaired) electrons. The number of hydrogen-bond donors (Lipinski definition) is 1. The Morgan fingerprint density at radius 3 is 2.66 bits per heavy atom. The van der Waals surface area contributed by atoms with Gasteiger partial charge in [0.05, 0.1) is 24.4 Å². The number of morpholine rings is 1. The van der Waals surface area contributed by atoms with E-state index in [-0.39, 0.29) is 23.7 Å². The number of H-pyrrole nitrogens is 1. The van der Waals surface area contributed by atoms with Crippen molar-refractivity contribution in [3.63, 3.8) is 0 Å². The van der Waals surface area contributed by atoms with Crippen molar-refractivity contribution < 1.29 is 9.53 Å². The van der Waals surface area contributed by atoms with Crippen LogP contribution in [-0.4, -0.2) is 52.6 Å². The third-order valence-electron chi connectivity index (χ3n) is 5.60. The van der Waals surface area contributed by atoms with E-state index < -0.39 is 0 Å². The molecule has 154 valence electrons. The topological polar surface area (TPSA) is 78.5 Å². The quantitative estimate of drug-likeness (QED) is 0.854. The molecule has 2 atom stereocenters. The number of nitrogens with zero attached hydrogens (tertiary/aromatic N) is 3. The number of hydrogen-bond acceptors (Lipinski definition) is 5. The highest BCUT2D eigenvalue weighted by Gasteiger charge is 2.28. The Labute approximate surface area is 170 Å². The number of rotatable bonds is 4. The highest BCUT2D eigenvalue weighted by atomic mass is 16.5. The normalized spacial score (nSPS) is 21.7. The first-order valence-corrected chi connectivity index (χ1v) is 10.3. The van der Waals surface area contributed by atoms with E-state index in [1.165, 1.54) is 0 Å². The summed E-state index contributed by atoms with van der Waals surface area (Å²) < 4.78 is 5.78. The molecule has 3 heterocycles. The summed E-state index contributed by atoms with van der Waals surface area (Å²) in [5.74, 6) is 0.686. The van der Waals surface area contributed by atoms with Gasteiger partial charge in [-0.2, -0.15) is 0 Å². The predicted octanol–water partition coefficient (Wildman–Crippen LogP) is 1.90. The van der Waals surface area contributed by atoms with Crippen molar-refractivity contribution in [2.24, 2.45) is 0 Å². The third-order valence-corrected chi connectivity index (χ3v) is 5.60. The first-order chi connectivity index (χ1) is 14.0. The van der Waals surface area contributed by atoms with Crippen molar-refractivity contribution in [1.82, 2.24) is 14.9 Å². The molecule has 1 aromatic carbocycles. The van der Waals surface area contributed by atoms with Gasteiger partial charge in [-0.25, -0.2) is 4.98 Å². The van der Waals surface area contributed by atoms with E-state index in [1.54, 1.807) is 0 Å². The molecule has 1 aromatic heterocycles. The van der Waals surface area contributed by atoms with E-state index in [4.69, 9.17) is 9.72 Å². The summed E-state index contributed by atoms with van der Waals surface area (Å²) in [5, 5.41) is 0. The zero-order chi connectivity index (χ0) is 20.4. The molecule has 2 unspecified atom stereocenters. The highest BCUT2D eigenvalue weighted by Crippen LogP contribution is 2.20. The molecule has 4 rings (SSSR count). The molecule has 7 nitrogen and oxygen atoms in total. The number of benzene rings is 1. The standard InChI is InChI=1S/C22H28N4O3/c1-15-12-26(13-16(2)29-15)22-23-19-14-25(11-10-18(19)21(28)24-22)20(27)9-8-17-6-4-3-5-7-17/h3-7,15-16H,8-14H2,1-2H3,(H,23,24,28). The predicted molar refractivity (Wildman–Crippen MR) is 111 cm³/mol. The van der Waals surface area contributed by atoms with Gasteiger partial charge in [0.25, 0.3) is 5.56 Å². The zero-order valence-electron chi connectivity index (χ0n) is 17.1. The number of aromatic nitrogens is 2. The molecule has 1 saturated heterocycles. The number of aromatic amines is 1. The molecule has 0 aliphatic carbocycles. The summed E-state index contributed by atoms with van der Waals surface area (Å²) in [5.41, 5.74) is 2.49. The van der Waals surface area contributed by atoms with E-state index in [0.717, 1.165) is 17.7 Å². The number of ether oxygens (including phenoxy) is 1. The van der Waals surface area contributed by atoms with Gasteiger partial charge in [0.1, 0.15) is 0 Å². The zero-order valence-corrected chi connectivity index (χ0v) is 17.1. The van der Waals surface area contributed by atoms with Gasteiger partial charge in [-0.15, -0.1) is 0 Å². The number of fused-ring (bicyclic) bond motifs is 1. The molecule has 1 fully saturated rings. The summed E-state index contributed by atoms with van der Waals surface area (Å²) in [6.07, 6.45) is 1.90. The maximum atomic E-state index is 12.7. The van der Waals surface area contributed by atoms with Crippen LogP contribution in [0, 0.1) is 0 Å². The van der Waals surface area contributed by atoms with Crippen LogP contribution in [0.1, 0.15) is 37.1 Å². The maximum Gasteiger partial charge on any atom is 0.255 e. The number of aryl methyl sites for hydroxylation is 1.